The molecule has 0 saturated carbocycles. The van der Waals surface area contributed by atoms with Crippen molar-refractivity contribution in [1.29, 1.82) is 0 Å². The van der Waals surface area contributed by atoms with Gasteiger partial charge < -0.3 is 20.1 Å². The molecule has 0 spiro atoms. The Bertz CT molecular complexity index is 575. The molecule has 126 valence electrons. The first-order valence-electron chi connectivity index (χ1n) is 7.93. The molecule has 1 fully saturated rings. The number of carbonyl (C=O) groups is 2. The summed E-state index contributed by atoms with van der Waals surface area (Å²) in [5, 5.41) is 13.3. The van der Waals surface area contributed by atoms with E-state index in [-0.39, 0.29) is 19.0 Å². The fourth-order valence-electron chi connectivity index (χ4n) is 2.78. The van der Waals surface area contributed by atoms with Gasteiger partial charge in [-0.1, -0.05) is 18.2 Å². The fourth-order valence-corrected chi connectivity index (χ4v) is 2.78. The van der Waals surface area contributed by atoms with Crippen LogP contribution in [0.4, 0.5) is 0 Å². The van der Waals surface area contributed by atoms with Crippen LogP contribution in [-0.2, 0) is 16.1 Å². The van der Waals surface area contributed by atoms with E-state index in [1.807, 2.05) is 31.2 Å². The third kappa shape index (κ3) is 4.22. The zero-order valence-electron chi connectivity index (χ0n) is 13.7. The predicted octanol–water partition coefficient (Wildman–Crippen LogP) is 1.07. The van der Waals surface area contributed by atoms with E-state index in [9.17, 15) is 14.7 Å². The highest BCUT2D eigenvalue weighted by molar-refractivity contribution is 5.86. The second kappa shape index (κ2) is 7.46. The summed E-state index contributed by atoms with van der Waals surface area (Å²) in [5.41, 5.74) is -0.671. The number of likely N-dealkylation sites (tertiary alicyclic amines) is 1. The molecule has 0 aliphatic carbocycles. The van der Waals surface area contributed by atoms with E-state index in [0.29, 0.717) is 26.0 Å². The number of rotatable bonds is 5. The van der Waals surface area contributed by atoms with Crippen LogP contribution >= 0.6 is 0 Å². The zero-order valence-corrected chi connectivity index (χ0v) is 13.7. The standard InChI is InChI=1S/C17H24N2O4/c1-3-23-15-8-5-4-7-14(15)11-18-16(21)17(22)9-6-10-19(12-17)13(2)20/h4-5,7-8,22H,3,6,9-12H2,1-2H3,(H,18,21). The van der Waals surface area contributed by atoms with Crippen LogP contribution in [0, 0.1) is 0 Å². The molecular formula is C17H24N2O4. The lowest BCUT2D eigenvalue weighted by Gasteiger charge is -2.37. The molecule has 2 amide bonds. The Morgan fingerprint density at radius 1 is 1.39 bits per heavy atom. The minimum atomic E-state index is -1.52. The summed E-state index contributed by atoms with van der Waals surface area (Å²) in [6, 6.07) is 7.46. The van der Waals surface area contributed by atoms with Gasteiger partial charge in [0.1, 0.15) is 5.75 Å². The second-order valence-corrected chi connectivity index (χ2v) is 5.80. The lowest BCUT2D eigenvalue weighted by molar-refractivity contribution is -0.150. The fraction of sp³-hybridized carbons (Fsp3) is 0.529. The highest BCUT2D eigenvalue weighted by atomic mass is 16.5. The van der Waals surface area contributed by atoms with Crippen molar-refractivity contribution < 1.29 is 19.4 Å². The van der Waals surface area contributed by atoms with Crippen LogP contribution in [0.1, 0.15) is 32.3 Å². The van der Waals surface area contributed by atoms with E-state index in [1.165, 1.54) is 11.8 Å². The van der Waals surface area contributed by atoms with Crippen molar-refractivity contribution in [3.8, 4) is 5.75 Å². The van der Waals surface area contributed by atoms with Gasteiger partial charge >= 0.3 is 0 Å². The van der Waals surface area contributed by atoms with Gasteiger partial charge in [0.05, 0.1) is 13.2 Å². The lowest BCUT2D eigenvalue weighted by Crippen LogP contribution is -2.57. The highest BCUT2D eigenvalue weighted by Gasteiger charge is 2.40. The third-order valence-corrected chi connectivity index (χ3v) is 4.05. The topological polar surface area (TPSA) is 78.9 Å². The molecule has 1 aliphatic rings. The number of hydrogen-bond acceptors (Lipinski definition) is 4. The van der Waals surface area contributed by atoms with Crippen LogP contribution in [0.3, 0.4) is 0 Å². The van der Waals surface area contributed by atoms with Crippen molar-refractivity contribution in [2.75, 3.05) is 19.7 Å². The third-order valence-electron chi connectivity index (χ3n) is 4.05. The predicted molar refractivity (Wildman–Crippen MR) is 85.9 cm³/mol. The molecule has 23 heavy (non-hydrogen) atoms. The monoisotopic (exact) mass is 320 g/mol. The van der Waals surface area contributed by atoms with Crippen LogP contribution in [0.5, 0.6) is 5.75 Å². The molecule has 0 bridgehead atoms. The number of nitrogens with zero attached hydrogens (tertiary/aromatic N) is 1. The Kier molecular flexibility index (Phi) is 5.60. The molecular weight excluding hydrogens is 296 g/mol. The molecule has 2 N–H and O–H groups in total. The Labute approximate surface area is 136 Å². The summed E-state index contributed by atoms with van der Waals surface area (Å²) in [4.78, 5) is 25.4. The van der Waals surface area contributed by atoms with Crippen LogP contribution in [0.2, 0.25) is 0 Å². The Morgan fingerprint density at radius 2 is 2.13 bits per heavy atom. The van der Waals surface area contributed by atoms with Gasteiger partial charge in [-0.25, -0.2) is 0 Å². The van der Waals surface area contributed by atoms with Gasteiger partial charge in [0.25, 0.3) is 5.91 Å². The summed E-state index contributed by atoms with van der Waals surface area (Å²) < 4.78 is 5.52. The van der Waals surface area contributed by atoms with Crippen molar-refractivity contribution >= 4 is 11.8 Å². The first kappa shape index (κ1) is 17.3. The number of benzene rings is 1. The number of ether oxygens (including phenoxy) is 1. The highest BCUT2D eigenvalue weighted by Crippen LogP contribution is 2.22. The maximum Gasteiger partial charge on any atom is 0.254 e. The molecule has 0 radical (unpaired) electrons. The van der Waals surface area contributed by atoms with Crippen molar-refractivity contribution in [1.82, 2.24) is 10.2 Å². The van der Waals surface area contributed by atoms with Gasteiger partial charge in [-0.05, 0) is 25.8 Å². The summed E-state index contributed by atoms with van der Waals surface area (Å²) in [7, 11) is 0. The van der Waals surface area contributed by atoms with E-state index in [4.69, 9.17) is 4.74 Å². The summed E-state index contributed by atoms with van der Waals surface area (Å²) in [5.74, 6) is 0.142. The van der Waals surface area contributed by atoms with E-state index in [2.05, 4.69) is 5.32 Å². The van der Waals surface area contributed by atoms with Crippen LogP contribution < -0.4 is 10.1 Å². The van der Waals surface area contributed by atoms with Crippen LogP contribution in [-0.4, -0.2) is 47.1 Å². The molecule has 2 rings (SSSR count). The Morgan fingerprint density at radius 3 is 2.83 bits per heavy atom. The van der Waals surface area contributed by atoms with Gasteiger partial charge in [-0.15, -0.1) is 0 Å². The van der Waals surface area contributed by atoms with Gasteiger partial charge in [0.15, 0.2) is 5.60 Å². The van der Waals surface area contributed by atoms with Crippen molar-refractivity contribution in [3.63, 3.8) is 0 Å². The quantitative estimate of drug-likeness (QED) is 0.851. The largest absolute Gasteiger partial charge is 0.494 e. The first-order valence-corrected chi connectivity index (χ1v) is 7.93. The Balaban J connectivity index is 2.00. The number of β-amino-alcohol motifs (C(OH)–C–C–N with tert-alkyl or cyclic N) is 1. The number of aliphatic hydroxyl groups is 1. The lowest BCUT2D eigenvalue weighted by atomic mass is 9.91. The van der Waals surface area contributed by atoms with Crippen LogP contribution in [0.25, 0.3) is 0 Å². The SMILES string of the molecule is CCOc1ccccc1CNC(=O)C1(O)CCCN(C(C)=O)C1. The number of carbonyl (C=O) groups excluding carboxylic acids is 2. The number of piperidine rings is 1. The first-order chi connectivity index (χ1) is 11.0. The smallest absolute Gasteiger partial charge is 0.254 e. The van der Waals surface area contributed by atoms with E-state index in [0.717, 1.165) is 11.3 Å². The molecule has 6 nitrogen and oxygen atoms in total. The summed E-state index contributed by atoms with van der Waals surface area (Å²) in [6.45, 7) is 4.79. The molecule has 6 heteroatoms. The van der Waals surface area contributed by atoms with E-state index < -0.39 is 11.5 Å². The maximum absolute atomic E-state index is 12.4. The average molecular weight is 320 g/mol. The molecule has 0 aromatic heterocycles. The average Bonchev–Trinajstić information content (AvgIpc) is 2.54. The number of hydrogen-bond donors (Lipinski definition) is 2. The Hall–Kier alpha value is -2.08. The minimum absolute atomic E-state index is 0.0429. The van der Waals surface area contributed by atoms with Crippen molar-refractivity contribution in [2.24, 2.45) is 0 Å². The van der Waals surface area contributed by atoms with Gasteiger partial charge in [0, 0.05) is 25.6 Å². The van der Waals surface area contributed by atoms with E-state index >= 15 is 0 Å². The van der Waals surface area contributed by atoms with Crippen molar-refractivity contribution in [2.45, 2.75) is 38.8 Å². The molecule has 1 heterocycles. The van der Waals surface area contributed by atoms with Crippen molar-refractivity contribution in [3.05, 3.63) is 29.8 Å². The molecule has 1 aliphatic heterocycles. The van der Waals surface area contributed by atoms with Gasteiger partial charge in [-0.3, -0.25) is 9.59 Å². The van der Waals surface area contributed by atoms with E-state index in [1.54, 1.807) is 0 Å². The summed E-state index contributed by atoms with van der Waals surface area (Å²) >= 11 is 0. The molecule has 1 aromatic rings. The molecule has 1 aromatic carbocycles. The normalized spacial score (nSPS) is 20.9. The van der Waals surface area contributed by atoms with Crippen LogP contribution in [0.15, 0.2) is 24.3 Å². The number of amides is 2. The van der Waals surface area contributed by atoms with Gasteiger partial charge in [-0.2, -0.15) is 0 Å². The second-order valence-electron chi connectivity index (χ2n) is 5.80. The van der Waals surface area contributed by atoms with Gasteiger partial charge in [0.2, 0.25) is 5.91 Å². The summed E-state index contributed by atoms with van der Waals surface area (Å²) in [6.07, 6.45) is 0.967. The molecule has 1 unspecified atom stereocenters. The number of para-hydroxylation sites is 1. The number of nitrogens with one attached hydrogen (secondary N) is 1. The minimum Gasteiger partial charge on any atom is -0.494 e. The maximum atomic E-state index is 12.4. The molecule has 1 saturated heterocycles. The molecule has 1 atom stereocenters. The zero-order chi connectivity index (χ0) is 16.9.